The number of carboxylic acids is 1. The molecule has 4 rings (SSSR count). The summed E-state index contributed by atoms with van der Waals surface area (Å²) in [6.07, 6.45) is 7.43. The summed E-state index contributed by atoms with van der Waals surface area (Å²) in [5.41, 5.74) is 3.61. The third kappa shape index (κ3) is 7.58. The maximum Gasteiger partial charge on any atom is 0.325 e. The lowest BCUT2D eigenvalue weighted by Gasteiger charge is -2.40. The molecule has 3 heterocycles. The summed E-state index contributed by atoms with van der Waals surface area (Å²) in [5, 5.41) is 13.8. The smallest absolute Gasteiger partial charge is 0.325 e. The molecule has 8 heteroatoms. The standard InChI is InChI=1S/C33H49FN4O3/c1-22(2)24-19-27(30(41-6)28(34)20-24)29(32(39)40)37-18-15-26(21-37)38(33(3,4)5)17-9-7-8-12-25-14-13-23-11-10-16-35-31(23)36-25/h13-14,19-20,22,26,29H,7-12,15-18,21H2,1-6H3,(H,35,36)(H,39,40)/t26-,29+/m1/s1. The Morgan fingerprint density at radius 1 is 1.24 bits per heavy atom. The Labute approximate surface area is 245 Å². The van der Waals surface area contributed by atoms with Crippen LogP contribution in [0.1, 0.15) is 101 Å². The second kappa shape index (κ2) is 13.5. The molecule has 0 spiro atoms. The highest BCUT2D eigenvalue weighted by Crippen LogP contribution is 2.38. The van der Waals surface area contributed by atoms with E-state index in [0.29, 0.717) is 18.7 Å². The summed E-state index contributed by atoms with van der Waals surface area (Å²) in [6, 6.07) is 6.95. The van der Waals surface area contributed by atoms with Crippen molar-refractivity contribution in [2.24, 2.45) is 0 Å². The summed E-state index contributed by atoms with van der Waals surface area (Å²) in [6.45, 7) is 13.9. The van der Waals surface area contributed by atoms with Gasteiger partial charge in [-0.1, -0.05) is 26.3 Å². The van der Waals surface area contributed by atoms with E-state index in [9.17, 15) is 14.3 Å². The van der Waals surface area contributed by atoms with Gasteiger partial charge in [0.05, 0.1) is 7.11 Å². The lowest BCUT2D eigenvalue weighted by Crippen LogP contribution is -2.50. The lowest BCUT2D eigenvalue weighted by atomic mass is 9.95. The largest absolute Gasteiger partial charge is 0.493 e. The molecule has 41 heavy (non-hydrogen) atoms. The molecular formula is C33H49FN4O3. The SMILES string of the molecule is COc1c(F)cc(C(C)C)cc1[C@@H](C(=O)O)N1CC[C@@H](N(CCCCCc2ccc3c(n2)NCCC3)C(C)(C)C)C1. The highest BCUT2D eigenvalue weighted by molar-refractivity contribution is 5.77. The van der Waals surface area contributed by atoms with Gasteiger partial charge in [0.15, 0.2) is 11.6 Å². The molecule has 1 fully saturated rings. The second-order valence-corrected chi connectivity index (χ2v) is 13.0. The Balaban J connectivity index is 1.39. The van der Waals surface area contributed by atoms with Crippen LogP contribution in [-0.2, 0) is 17.6 Å². The molecule has 7 nitrogen and oxygen atoms in total. The van der Waals surface area contributed by atoms with Gasteiger partial charge in [0.1, 0.15) is 11.9 Å². The van der Waals surface area contributed by atoms with Gasteiger partial charge in [0, 0.05) is 42.5 Å². The van der Waals surface area contributed by atoms with E-state index >= 15 is 0 Å². The minimum absolute atomic E-state index is 0.0297. The number of aromatic nitrogens is 1. The maximum atomic E-state index is 15.0. The molecule has 226 valence electrons. The van der Waals surface area contributed by atoms with Crippen molar-refractivity contribution in [3.05, 3.63) is 52.5 Å². The molecule has 0 unspecified atom stereocenters. The summed E-state index contributed by atoms with van der Waals surface area (Å²) in [4.78, 5) is 22.0. The number of hydrogen-bond donors (Lipinski definition) is 2. The van der Waals surface area contributed by atoms with Crippen LogP contribution in [0.2, 0.25) is 0 Å². The number of aryl methyl sites for hydroxylation is 2. The van der Waals surface area contributed by atoms with E-state index < -0.39 is 17.8 Å². The zero-order chi connectivity index (χ0) is 29.7. The Bertz CT molecular complexity index is 1200. The number of ether oxygens (including phenoxy) is 1. The fourth-order valence-corrected chi connectivity index (χ4v) is 6.47. The molecule has 2 aliphatic heterocycles. The number of rotatable bonds is 12. The van der Waals surface area contributed by atoms with Crippen LogP contribution in [0.5, 0.6) is 5.75 Å². The number of nitrogens with one attached hydrogen (secondary N) is 1. The second-order valence-electron chi connectivity index (χ2n) is 13.0. The fraction of sp³-hybridized carbons (Fsp3) is 0.636. The van der Waals surface area contributed by atoms with Gasteiger partial charge in [-0.15, -0.1) is 0 Å². The van der Waals surface area contributed by atoms with Gasteiger partial charge in [-0.25, -0.2) is 9.37 Å². The number of nitrogens with zero attached hydrogens (tertiary/aromatic N) is 3. The Morgan fingerprint density at radius 2 is 2.02 bits per heavy atom. The number of methoxy groups -OCH3 is 1. The number of benzene rings is 1. The van der Waals surface area contributed by atoms with Gasteiger partial charge >= 0.3 is 5.97 Å². The van der Waals surface area contributed by atoms with E-state index in [1.165, 1.54) is 25.2 Å². The van der Waals surface area contributed by atoms with E-state index in [2.05, 4.69) is 43.1 Å². The fourth-order valence-electron chi connectivity index (χ4n) is 6.47. The minimum atomic E-state index is -0.974. The molecule has 0 radical (unpaired) electrons. The third-order valence-corrected chi connectivity index (χ3v) is 8.64. The predicted molar refractivity (Wildman–Crippen MR) is 162 cm³/mol. The van der Waals surface area contributed by atoms with Gasteiger partial charge in [0.2, 0.25) is 0 Å². The Morgan fingerprint density at radius 3 is 2.71 bits per heavy atom. The van der Waals surface area contributed by atoms with Gasteiger partial charge in [0.25, 0.3) is 0 Å². The average Bonchev–Trinajstić information content (AvgIpc) is 3.38. The average molecular weight is 569 g/mol. The molecule has 2 aromatic rings. The van der Waals surface area contributed by atoms with Crippen molar-refractivity contribution in [1.82, 2.24) is 14.8 Å². The van der Waals surface area contributed by atoms with Crippen molar-refractivity contribution in [2.45, 2.75) is 103 Å². The zero-order valence-corrected chi connectivity index (χ0v) is 25.8. The molecule has 1 aromatic heterocycles. The monoisotopic (exact) mass is 568 g/mol. The van der Waals surface area contributed by atoms with Crippen molar-refractivity contribution in [3.8, 4) is 5.75 Å². The number of unbranched alkanes of at least 4 members (excludes halogenated alkanes) is 2. The van der Waals surface area contributed by atoms with Crippen LogP contribution < -0.4 is 10.1 Å². The number of carbonyl (C=O) groups is 1. The highest BCUT2D eigenvalue weighted by atomic mass is 19.1. The number of halogens is 1. The van der Waals surface area contributed by atoms with E-state index in [-0.39, 0.29) is 23.2 Å². The molecule has 0 amide bonds. The van der Waals surface area contributed by atoms with Crippen LogP contribution in [0.25, 0.3) is 0 Å². The molecule has 0 bridgehead atoms. The van der Waals surface area contributed by atoms with Gasteiger partial charge in [-0.3, -0.25) is 14.6 Å². The minimum Gasteiger partial charge on any atom is -0.493 e. The number of likely N-dealkylation sites (tertiary alicyclic amines) is 1. The number of anilines is 1. The maximum absolute atomic E-state index is 15.0. The zero-order valence-electron chi connectivity index (χ0n) is 25.8. The summed E-state index contributed by atoms with van der Waals surface area (Å²) < 4.78 is 20.4. The molecule has 1 aromatic carbocycles. The van der Waals surface area contributed by atoms with Crippen LogP contribution in [0, 0.1) is 5.82 Å². The molecule has 2 atom stereocenters. The van der Waals surface area contributed by atoms with E-state index in [4.69, 9.17) is 9.72 Å². The summed E-state index contributed by atoms with van der Waals surface area (Å²) >= 11 is 0. The normalized spacial score (nSPS) is 18.4. The molecular weight excluding hydrogens is 519 g/mol. The molecule has 2 N–H and O–H groups in total. The van der Waals surface area contributed by atoms with Gasteiger partial charge in [-0.2, -0.15) is 0 Å². The van der Waals surface area contributed by atoms with E-state index in [0.717, 1.165) is 68.7 Å². The van der Waals surface area contributed by atoms with Crippen molar-refractivity contribution in [3.63, 3.8) is 0 Å². The number of hydrogen-bond acceptors (Lipinski definition) is 6. The topological polar surface area (TPSA) is 77.9 Å². The molecule has 1 saturated heterocycles. The number of aliphatic carboxylic acids is 1. The number of pyridine rings is 1. The first-order valence-corrected chi connectivity index (χ1v) is 15.3. The summed E-state index contributed by atoms with van der Waals surface area (Å²) in [7, 11) is 1.41. The third-order valence-electron chi connectivity index (χ3n) is 8.64. The predicted octanol–water partition coefficient (Wildman–Crippen LogP) is 6.42. The van der Waals surface area contributed by atoms with Gasteiger partial charge < -0.3 is 15.2 Å². The Kier molecular flexibility index (Phi) is 10.3. The van der Waals surface area contributed by atoms with Crippen molar-refractivity contribution >= 4 is 11.8 Å². The van der Waals surface area contributed by atoms with Crippen LogP contribution in [0.4, 0.5) is 10.2 Å². The first kappa shape index (κ1) is 31.2. The first-order chi connectivity index (χ1) is 19.5. The quantitative estimate of drug-likeness (QED) is 0.286. The van der Waals surface area contributed by atoms with E-state index in [1.54, 1.807) is 0 Å². The van der Waals surface area contributed by atoms with Crippen LogP contribution in [0.15, 0.2) is 24.3 Å². The van der Waals surface area contributed by atoms with Crippen molar-refractivity contribution < 1.29 is 19.0 Å². The number of fused-ring (bicyclic) bond motifs is 1. The molecule has 0 saturated carbocycles. The molecule has 0 aliphatic carbocycles. The Hall–Kier alpha value is -2.71. The van der Waals surface area contributed by atoms with Crippen LogP contribution in [-0.4, -0.2) is 70.7 Å². The summed E-state index contributed by atoms with van der Waals surface area (Å²) in [5.74, 6) is -0.311. The van der Waals surface area contributed by atoms with Gasteiger partial charge in [-0.05, 0) is 101 Å². The number of carboxylic acid groups (broad SMARTS) is 1. The lowest BCUT2D eigenvalue weighted by molar-refractivity contribution is -0.143. The first-order valence-electron chi connectivity index (χ1n) is 15.3. The van der Waals surface area contributed by atoms with Crippen LogP contribution >= 0.6 is 0 Å². The highest BCUT2D eigenvalue weighted by Gasteiger charge is 2.40. The molecule has 2 aliphatic rings. The van der Waals surface area contributed by atoms with E-state index in [1.807, 2.05) is 24.8 Å². The van der Waals surface area contributed by atoms with Crippen LogP contribution in [0.3, 0.4) is 0 Å². The van der Waals surface area contributed by atoms with Crippen molar-refractivity contribution in [1.29, 1.82) is 0 Å². The van der Waals surface area contributed by atoms with Crippen molar-refractivity contribution in [2.75, 3.05) is 38.6 Å².